The molecule has 0 aliphatic heterocycles. The predicted octanol–water partition coefficient (Wildman–Crippen LogP) is 1.40. The van der Waals surface area contributed by atoms with Gasteiger partial charge in [-0.05, 0) is 12.1 Å². The molecule has 0 spiro atoms. The highest BCUT2D eigenvalue weighted by molar-refractivity contribution is 5.45. The van der Waals surface area contributed by atoms with E-state index in [1.54, 1.807) is 7.11 Å². The Balaban J connectivity index is 2.82. The summed E-state index contributed by atoms with van der Waals surface area (Å²) in [5.41, 5.74) is 6.24. The summed E-state index contributed by atoms with van der Waals surface area (Å²) in [7, 11) is 1.64. The first-order chi connectivity index (χ1) is 6.38. The number of ether oxygens (including phenoxy) is 1. The van der Waals surface area contributed by atoms with Crippen molar-refractivity contribution in [3.63, 3.8) is 0 Å². The summed E-state index contributed by atoms with van der Waals surface area (Å²) >= 11 is 0. The van der Waals surface area contributed by atoms with E-state index in [0.29, 0.717) is 6.54 Å². The molecular formula is C11H13NO. The molecule has 0 saturated heterocycles. The molecule has 0 aromatic heterocycles. The first-order valence-corrected chi connectivity index (χ1v) is 4.20. The summed E-state index contributed by atoms with van der Waals surface area (Å²) in [6.07, 6.45) is 0.720. The lowest BCUT2D eigenvalue weighted by Gasteiger charge is -2.00. The van der Waals surface area contributed by atoms with Gasteiger partial charge in [-0.15, -0.1) is 0 Å². The van der Waals surface area contributed by atoms with Crippen LogP contribution in [0.15, 0.2) is 24.3 Å². The second-order valence-corrected chi connectivity index (χ2v) is 2.54. The minimum Gasteiger partial charge on any atom is -0.495 e. The highest BCUT2D eigenvalue weighted by atomic mass is 16.5. The predicted molar refractivity (Wildman–Crippen MR) is 53.5 cm³/mol. The number of rotatable bonds is 2. The Morgan fingerprint density at radius 1 is 1.38 bits per heavy atom. The normalized spacial score (nSPS) is 8.77. The van der Waals surface area contributed by atoms with E-state index in [2.05, 4.69) is 11.8 Å². The molecule has 1 aromatic carbocycles. The molecule has 68 valence electrons. The fourth-order valence-electron chi connectivity index (χ4n) is 0.978. The van der Waals surface area contributed by atoms with Crippen molar-refractivity contribution in [3.8, 4) is 17.6 Å². The van der Waals surface area contributed by atoms with Crippen LogP contribution in [0.5, 0.6) is 5.75 Å². The lowest BCUT2D eigenvalue weighted by Crippen LogP contribution is -1.95. The topological polar surface area (TPSA) is 35.2 Å². The maximum absolute atomic E-state index is 5.33. The second kappa shape index (κ2) is 5.23. The SMILES string of the molecule is COc1ccccc1C#CCCN. The van der Waals surface area contributed by atoms with Crippen LogP contribution in [-0.2, 0) is 0 Å². The molecule has 0 aliphatic carbocycles. The minimum absolute atomic E-state index is 0.599. The molecule has 0 fully saturated rings. The van der Waals surface area contributed by atoms with Crippen LogP contribution in [0.4, 0.5) is 0 Å². The lowest BCUT2D eigenvalue weighted by atomic mass is 10.2. The van der Waals surface area contributed by atoms with Gasteiger partial charge in [-0.2, -0.15) is 0 Å². The van der Waals surface area contributed by atoms with Gasteiger partial charge in [0, 0.05) is 13.0 Å². The molecule has 1 aromatic rings. The van der Waals surface area contributed by atoms with E-state index in [9.17, 15) is 0 Å². The Morgan fingerprint density at radius 2 is 2.15 bits per heavy atom. The van der Waals surface area contributed by atoms with Crippen molar-refractivity contribution < 1.29 is 4.74 Å². The van der Waals surface area contributed by atoms with E-state index in [-0.39, 0.29) is 0 Å². The molecule has 0 aliphatic rings. The molecule has 0 heterocycles. The molecule has 0 unspecified atom stereocenters. The average molecular weight is 175 g/mol. The van der Waals surface area contributed by atoms with Crippen LogP contribution >= 0.6 is 0 Å². The third-order valence-electron chi connectivity index (χ3n) is 1.60. The van der Waals surface area contributed by atoms with Crippen molar-refractivity contribution in [1.29, 1.82) is 0 Å². The number of benzene rings is 1. The molecule has 2 heteroatoms. The van der Waals surface area contributed by atoms with Crippen LogP contribution in [0.25, 0.3) is 0 Å². The maximum atomic E-state index is 5.33. The van der Waals surface area contributed by atoms with Gasteiger partial charge in [0.1, 0.15) is 5.75 Å². The smallest absolute Gasteiger partial charge is 0.134 e. The Morgan fingerprint density at radius 3 is 2.85 bits per heavy atom. The molecule has 13 heavy (non-hydrogen) atoms. The van der Waals surface area contributed by atoms with Gasteiger partial charge < -0.3 is 10.5 Å². The number of methoxy groups -OCH3 is 1. The van der Waals surface area contributed by atoms with Crippen LogP contribution in [-0.4, -0.2) is 13.7 Å². The molecular weight excluding hydrogens is 162 g/mol. The molecule has 2 N–H and O–H groups in total. The molecule has 2 nitrogen and oxygen atoms in total. The summed E-state index contributed by atoms with van der Waals surface area (Å²) in [6.45, 7) is 0.599. The van der Waals surface area contributed by atoms with Gasteiger partial charge >= 0.3 is 0 Å². The standard InChI is InChI=1S/C11H13NO/c1-13-11-8-3-2-6-10(11)7-4-5-9-12/h2-3,6,8H,5,9,12H2,1H3. The third kappa shape index (κ3) is 2.81. The van der Waals surface area contributed by atoms with Gasteiger partial charge in [0.15, 0.2) is 0 Å². The molecule has 0 atom stereocenters. The molecule has 0 radical (unpaired) electrons. The van der Waals surface area contributed by atoms with E-state index in [0.717, 1.165) is 17.7 Å². The van der Waals surface area contributed by atoms with Crippen LogP contribution in [0.2, 0.25) is 0 Å². The van der Waals surface area contributed by atoms with Gasteiger partial charge in [-0.1, -0.05) is 24.0 Å². The zero-order valence-corrected chi connectivity index (χ0v) is 7.71. The fourth-order valence-corrected chi connectivity index (χ4v) is 0.978. The van der Waals surface area contributed by atoms with Gasteiger partial charge in [0.05, 0.1) is 12.7 Å². The second-order valence-electron chi connectivity index (χ2n) is 2.54. The summed E-state index contributed by atoms with van der Waals surface area (Å²) < 4.78 is 5.14. The molecule has 0 bridgehead atoms. The van der Waals surface area contributed by atoms with Gasteiger partial charge in [0.2, 0.25) is 0 Å². The lowest BCUT2D eigenvalue weighted by molar-refractivity contribution is 0.413. The van der Waals surface area contributed by atoms with E-state index < -0.39 is 0 Å². The number of nitrogens with two attached hydrogens (primary N) is 1. The van der Waals surface area contributed by atoms with Crippen molar-refractivity contribution in [1.82, 2.24) is 0 Å². The monoisotopic (exact) mass is 175 g/mol. The van der Waals surface area contributed by atoms with Crippen molar-refractivity contribution in [2.45, 2.75) is 6.42 Å². The zero-order chi connectivity index (χ0) is 9.52. The largest absolute Gasteiger partial charge is 0.495 e. The summed E-state index contributed by atoms with van der Waals surface area (Å²) in [4.78, 5) is 0. The highest BCUT2D eigenvalue weighted by Gasteiger charge is 1.95. The minimum atomic E-state index is 0.599. The van der Waals surface area contributed by atoms with Crippen molar-refractivity contribution in [2.75, 3.05) is 13.7 Å². The summed E-state index contributed by atoms with van der Waals surface area (Å²) in [5.74, 6) is 6.79. The molecule has 1 rings (SSSR count). The average Bonchev–Trinajstić information content (AvgIpc) is 2.19. The Hall–Kier alpha value is -1.46. The van der Waals surface area contributed by atoms with Crippen molar-refractivity contribution in [2.24, 2.45) is 5.73 Å². The zero-order valence-electron chi connectivity index (χ0n) is 7.71. The number of para-hydroxylation sites is 1. The van der Waals surface area contributed by atoms with Gasteiger partial charge in [-0.25, -0.2) is 0 Å². The first kappa shape index (κ1) is 9.63. The van der Waals surface area contributed by atoms with Crippen molar-refractivity contribution >= 4 is 0 Å². The van der Waals surface area contributed by atoms with Gasteiger partial charge in [-0.3, -0.25) is 0 Å². The number of hydrogen-bond donors (Lipinski definition) is 1. The first-order valence-electron chi connectivity index (χ1n) is 4.20. The Labute approximate surface area is 78.7 Å². The van der Waals surface area contributed by atoms with Crippen LogP contribution in [0, 0.1) is 11.8 Å². The van der Waals surface area contributed by atoms with Crippen molar-refractivity contribution in [3.05, 3.63) is 29.8 Å². The van der Waals surface area contributed by atoms with E-state index in [1.807, 2.05) is 24.3 Å². The number of hydrogen-bond acceptors (Lipinski definition) is 2. The fraction of sp³-hybridized carbons (Fsp3) is 0.273. The van der Waals surface area contributed by atoms with Crippen LogP contribution in [0.3, 0.4) is 0 Å². The summed E-state index contributed by atoms with van der Waals surface area (Å²) in [6, 6.07) is 7.69. The van der Waals surface area contributed by atoms with Crippen LogP contribution in [0.1, 0.15) is 12.0 Å². The highest BCUT2D eigenvalue weighted by Crippen LogP contribution is 2.15. The quantitative estimate of drug-likeness (QED) is 0.689. The van der Waals surface area contributed by atoms with E-state index in [4.69, 9.17) is 10.5 Å². The Bertz CT molecular complexity index is 322. The maximum Gasteiger partial charge on any atom is 0.134 e. The molecule has 0 amide bonds. The molecule has 0 saturated carbocycles. The Kier molecular flexibility index (Phi) is 3.87. The van der Waals surface area contributed by atoms with E-state index in [1.165, 1.54) is 0 Å². The van der Waals surface area contributed by atoms with Crippen LogP contribution < -0.4 is 10.5 Å². The van der Waals surface area contributed by atoms with E-state index >= 15 is 0 Å². The third-order valence-corrected chi connectivity index (χ3v) is 1.60. The summed E-state index contributed by atoms with van der Waals surface area (Å²) in [5, 5.41) is 0. The van der Waals surface area contributed by atoms with Gasteiger partial charge in [0.25, 0.3) is 0 Å².